The largest absolute Gasteiger partial charge is 0.342 e. The van der Waals surface area contributed by atoms with Gasteiger partial charge in [-0.25, -0.2) is 0 Å². The van der Waals surface area contributed by atoms with Crippen LogP contribution in [0.5, 0.6) is 0 Å². The molecule has 112 valence electrons. The first-order chi connectivity index (χ1) is 8.91. The quantitative estimate of drug-likeness (QED) is 0.826. The Hall–Kier alpha value is -0.610. The van der Waals surface area contributed by atoms with Crippen LogP contribution in [-0.2, 0) is 4.79 Å². The second-order valence-corrected chi connectivity index (χ2v) is 6.12. The van der Waals surface area contributed by atoms with Gasteiger partial charge in [-0.3, -0.25) is 4.79 Å². The third-order valence-electron chi connectivity index (χ3n) is 5.25. The first-order valence-corrected chi connectivity index (χ1v) is 7.59. The van der Waals surface area contributed by atoms with Gasteiger partial charge in [-0.2, -0.15) is 0 Å². The maximum absolute atomic E-state index is 12.8. The number of piperidine rings is 1. The zero-order valence-electron chi connectivity index (χ0n) is 13.3. The third kappa shape index (κ3) is 3.29. The summed E-state index contributed by atoms with van der Waals surface area (Å²) in [7, 11) is 4.12. The zero-order chi connectivity index (χ0) is 14.6. The van der Waals surface area contributed by atoms with Crippen LogP contribution in [0.25, 0.3) is 0 Å². The normalized spacial score (nSPS) is 25.4. The first-order valence-electron chi connectivity index (χ1n) is 7.59. The molecule has 0 bridgehead atoms. The van der Waals surface area contributed by atoms with Gasteiger partial charge in [0.2, 0.25) is 5.91 Å². The maximum Gasteiger partial charge on any atom is 0.230 e. The van der Waals surface area contributed by atoms with Crippen molar-refractivity contribution in [1.82, 2.24) is 9.80 Å². The third-order valence-corrected chi connectivity index (χ3v) is 5.25. The van der Waals surface area contributed by atoms with E-state index >= 15 is 0 Å². The van der Waals surface area contributed by atoms with Crippen LogP contribution in [0, 0.1) is 5.41 Å². The summed E-state index contributed by atoms with van der Waals surface area (Å²) in [5.74, 6) is 0.238. The Kier molecular flexibility index (Phi) is 5.81. The van der Waals surface area contributed by atoms with E-state index < -0.39 is 0 Å². The molecular weight excluding hydrogens is 238 g/mol. The van der Waals surface area contributed by atoms with E-state index in [0.717, 1.165) is 32.2 Å². The molecule has 1 heterocycles. The van der Waals surface area contributed by atoms with Crippen LogP contribution in [0.15, 0.2) is 0 Å². The zero-order valence-corrected chi connectivity index (χ0v) is 13.3. The van der Waals surface area contributed by atoms with Crippen molar-refractivity contribution in [3.05, 3.63) is 0 Å². The first kappa shape index (κ1) is 16.4. The molecule has 0 aromatic carbocycles. The van der Waals surface area contributed by atoms with E-state index in [1.54, 1.807) is 0 Å². The minimum absolute atomic E-state index is 0.238. The van der Waals surface area contributed by atoms with E-state index in [4.69, 9.17) is 5.73 Å². The molecule has 1 rings (SSSR count). The molecule has 2 atom stereocenters. The Morgan fingerprint density at radius 2 is 2.00 bits per heavy atom. The van der Waals surface area contributed by atoms with Gasteiger partial charge in [-0.05, 0) is 39.7 Å². The van der Waals surface area contributed by atoms with Gasteiger partial charge in [-0.15, -0.1) is 0 Å². The van der Waals surface area contributed by atoms with Crippen LogP contribution >= 0.6 is 0 Å². The van der Waals surface area contributed by atoms with Crippen molar-refractivity contribution in [2.24, 2.45) is 11.1 Å². The molecule has 0 spiro atoms. The monoisotopic (exact) mass is 269 g/mol. The number of hydrogen-bond donors (Lipinski definition) is 1. The van der Waals surface area contributed by atoms with Crippen LogP contribution in [0.4, 0.5) is 0 Å². The van der Waals surface area contributed by atoms with Gasteiger partial charge in [0, 0.05) is 32.2 Å². The molecule has 0 saturated carbocycles. The lowest BCUT2D eigenvalue weighted by molar-refractivity contribution is -0.144. The number of carbonyl (C=O) groups excluding carboxylic acids is 1. The summed E-state index contributed by atoms with van der Waals surface area (Å²) in [5.41, 5.74) is 5.53. The Balaban J connectivity index is 2.76. The van der Waals surface area contributed by atoms with E-state index in [0.29, 0.717) is 18.6 Å². The average molecular weight is 269 g/mol. The van der Waals surface area contributed by atoms with Crippen molar-refractivity contribution in [1.29, 1.82) is 0 Å². The second-order valence-electron chi connectivity index (χ2n) is 6.12. The predicted octanol–water partition coefficient (Wildman–Crippen LogP) is 1.69. The molecule has 1 amide bonds. The van der Waals surface area contributed by atoms with E-state index in [-0.39, 0.29) is 11.3 Å². The SMILES string of the molecule is CCC(CC)(CN)C(=O)N(C)[C@H]1CCN(C)[C@H](C)C1. The van der Waals surface area contributed by atoms with Crippen LogP contribution < -0.4 is 5.73 Å². The summed E-state index contributed by atoms with van der Waals surface area (Å²) in [6.07, 6.45) is 3.78. The smallest absolute Gasteiger partial charge is 0.230 e. The predicted molar refractivity (Wildman–Crippen MR) is 80.0 cm³/mol. The molecule has 1 saturated heterocycles. The molecule has 0 aliphatic carbocycles. The summed E-state index contributed by atoms with van der Waals surface area (Å²) in [4.78, 5) is 17.1. The Morgan fingerprint density at radius 3 is 2.42 bits per heavy atom. The minimum Gasteiger partial charge on any atom is -0.342 e. The summed E-state index contributed by atoms with van der Waals surface area (Å²) >= 11 is 0. The molecular formula is C15H31N3O. The molecule has 0 aromatic heterocycles. The topological polar surface area (TPSA) is 49.6 Å². The van der Waals surface area contributed by atoms with Gasteiger partial charge < -0.3 is 15.5 Å². The van der Waals surface area contributed by atoms with Gasteiger partial charge in [-0.1, -0.05) is 13.8 Å². The highest BCUT2D eigenvalue weighted by molar-refractivity contribution is 5.83. The maximum atomic E-state index is 12.8. The Bertz CT molecular complexity index is 294. The van der Waals surface area contributed by atoms with Crippen molar-refractivity contribution in [3.8, 4) is 0 Å². The van der Waals surface area contributed by atoms with Crippen LogP contribution in [0.2, 0.25) is 0 Å². The average Bonchev–Trinajstić information content (AvgIpc) is 2.43. The van der Waals surface area contributed by atoms with Crippen LogP contribution in [-0.4, -0.2) is 55.0 Å². The Labute approximate surface area is 118 Å². The lowest BCUT2D eigenvalue weighted by Crippen LogP contribution is -2.53. The fourth-order valence-electron chi connectivity index (χ4n) is 3.08. The molecule has 2 N–H and O–H groups in total. The lowest BCUT2D eigenvalue weighted by Gasteiger charge is -2.42. The lowest BCUT2D eigenvalue weighted by atomic mass is 9.80. The van der Waals surface area contributed by atoms with Crippen LogP contribution in [0.1, 0.15) is 46.5 Å². The van der Waals surface area contributed by atoms with E-state index in [1.807, 2.05) is 11.9 Å². The fraction of sp³-hybridized carbons (Fsp3) is 0.933. The highest BCUT2D eigenvalue weighted by Crippen LogP contribution is 2.30. The minimum atomic E-state index is -0.360. The van der Waals surface area contributed by atoms with Crippen molar-refractivity contribution in [2.45, 2.75) is 58.5 Å². The molecule has 19 heavy (non-hydrogen) atoms. The van der Waals surface area contributed by atoms with E-state index in [1.165, 1.54) is 0 Å². The van der Waals surface area contributed by atoms with E-state index in [2.05, 4.69) is 32.7 Å². The van der Waals surface area contributed by atoms with Gasteiger partial charge >= 0.3 is 0 Å². The van der Waals surface area contributed by atoms with Crippen molar-refractivity contribution in [3.63, 3.8) is 0 Å². The summed E-state index contributed by atoms with van der Waals surface area (Å²) < 4.78 is 0. The van der Waals surface area contributed by atoms with Crippen LogP contribution in [0.3, 0.4) is 0 Å². The summed E-state index contributed by atoms with van der Waals surface area (Å²) in [6, 6.07) is 0.909. The number of rotatable bonds is 5. The standard InChI is InChI=1S/C15H31N3O/c1-6-15(7-2,11-16)14(19)18(5)13-8-9-17(4)12(3)10-13/h12-13H,6-11,16H2,1-5H3/t12-,13+/m1/s1. The molecule has 0 radical (unpaired) electrons. The van der Waals surface area contributed by atoms with Gasteiger partial charge in [0.25, 0.3) is 0 Å². The van der Waals surface area contributed by atoms with Gasteiger partial charge in [0.15, 0.2) is 0 Å². The number of hydrogen-bond acceptors (Lipinski definition) is 3. The number of nitrogens with zero attached hydrogens (tertiary/aromatic N) is 2. The molecule has 4 nitrogen and oxygen atoms in total. The molecule has 0 unspecified atom stereocenters. The molecule has 1 aliphatic rings. The van der Waals surface area contributed by atoms with Crippen molar-refractivity contribution in [2.75, 3.05) is 27.2 Å². The van der Waals surface area contributed by atoms with Gasteiger partial charge in [0.05, 0.1) is 5.41 Å². The van der Waals surface area contributed by atoms with E-state index in [9.17, 15) is 4.79 Å². The molecule has 1 aliphatic heterocycles. The number of amides is 1. The number of likely N-dealkylation sites (tertiary alicyclic amines) is 1. The second kappa shape index (κ2) is 6.71. The highest BCUT2D eigenvalue weighted by atomic mass is 16.2. The van der Waals surface area contributed by atoms with Crippen molar-refractivity contribution < 1.29 is 4.79 Å². The fourth-order valence-corrected chi connectivity index (χ4v) is 3.08. The number of carbonyl (C=O) groups is 1. The highest BCUT2D eigenvalue weighted by Gasteiger charge is 2.38. The molecule has 0 aromatic rings. The summed E-state index contributed by atoms with van der Waals surface area (Å²) in [6.45, 7) is 7.89. The molecule has 1 fully saturated rings. The number of nitrogens with two attached hydrogens (primary N) is 1. The van der Waals surface area contributed by atoms with Crippen molar-refractivity contribution >= 4 is 5.91 Å². The molecule has 4 heteroatoms. The Morgan fingerprint density at radius 1 is 1.42 bits per heavy atom. The summed E-state index contributed by atoms with van der Waals surface area (Å²) in [5, 5.41) is 0. The van der Waals surface area contributed by atoms with Gasteiger partial charge in [0.1, 0.15) is 0 Å².